The van der Waals surface area contributed by atoms with Crippen molar-refractivity contribution in [2.24, 2.45) is 0 Å². The first-order valence-electron chi connectivity index (χ1n) is 8.76. The summed E-state index contributed by atoms with van der Waals surface area (Å²) in [6.07, 6.45) is 1.43. The molecule has 5 nitrogen and oxygen atoms in total. The van der Waals surface area contributed by atoms with E-state index in [2.05, 4.69) is 17.6 Å². The molecule has 3 N–H and O–H groups in total. The molecule has 0 bridgehead atoms. The quantitative estimate of drug-likeness (QED) is 0.717. The van der Waals surface area contributed by atoms with Crippen molar-refractivity contribution in [1.82, 2.24) is 10.6 Å². The minimum absolute atomic E-state index is 0.0902. The molecule has 0 saturated heterocycles. The first kappa shape index (κ1) is 17.7. The Morgan fingerprint density at radius 3 is 2.42 bits per heavy atom. The number of Topliss-reactive ketones (excluding diaryl/α,β-unsaturated/α-hetero) is 1. The SMILES string of the molecule is CCC1=C(C(=O)c2ccc(CC)cc2)C(c2cccc(O)c2)NC(=O)N1. The van der Waals surface area contributed by atoms with Gasteiger partial charge >= 0.3 is 6.03 Å². The van der Waals surface area contributed by atoms with Crippen LogP contribution in [0.4, 0.5) is 4.79 Å². The molecule has 134 valence electrons. The lowest BCUT2D eigenvalue weighted by atomic mass is 9.88. The molecule has 26 heavy (non-hydrogen) atoms. The summed E-state index contributed by atoms with van der Waals surface area (Å²) in [5, 5.41) is 15.4. The summed E-state index contributed by atoms with van der Waals surface area (Å²) in [5.41, 5.74) is 3.50. The van der Waals surface area contributed by atoms with Gasteiger partial charge in [-0.3, -0.25) is 4.79 Å². The third-order valence-corrected chi connectivity index (χ3v) is 4.58. The predicted molar refractivity (Wildman–Crippen MR) is 100.0 cm³/mol. The van der Waals surface area contributed by atoms with Crippen LogP contribution in [0.15, 0.2) is 59.8 Å². The average Bonchev–Trinajstić information content (AvgIpc) is 2.66. The van der Waals surface area contributed by atoms with E-state index >= 15 is 0 Å². The number of phenolic OH excluding ortho intramolecular Hbond substituents is 1. The van der Waals surface area contributed by atoms with Gasteiger partial charge in [-0.05, 0) is 36.1 Å². The maximum absolute atomic E-state index is 13.2. The van der Waals surface area contributed by atoms with Crippen molar-refractivity contribution in [3.63, 3.8) is 0 Å². The second-order valence-corrected chi connectivity index (χ2v) is 6.25. The van der Waals surface area contributed by atoms with Gasteiger partial charge in [-0.15, -0.1) is 0 Å². The number of allylic oxidation sites excluding steroid dienone is 1. The summed E-state index contributed by atoms with van der Waals surface area (Å²) < 4.78 is 0. The van der Waals surface area contributed by atoms with Crippen molar-refractivity contribution in [3.05, 3.63) is 76.5 Å². The number of aryl methyl sites for hydroxylation is 1. The highest BCUT2D eigenvalue weighted by Crippen LogP contribution is 2.31. The first-order valence-corrected chi connectivity index (χ1v) is 8.76. The molecule has 3 rings (SSSR count). The first-order chi connectivity index (χ1) is 12.5. The Hall–Kier alpha value is -3.08. The van der Waals surface area contributed by atoms with Gasteiger partial charge in [-0.1, -0.05) is 50.2 Å². The summed E-state index contributed by atoms with van der Waals surface area (Å²) >= 11 is 0. The summed E-state index contributed by atoms with van der Waals surface area (Å²) in [7, 11) is 0. The van der Waals surface area contributed by atoms with Crippen molar-refractivity contribution in [1.29, 1.82) is 0 Å². The number of benzene rings is 2. The molecule has 1 aliphatic heterocycles. The Balaban J connectivity index is 2.07. The van der Waals surface area contributed by atoms with E-state index in [1.165, 1.54) is 0 Å². The lowest BCUT2D eigenvalue weighted by Crippen LogP contribution is -2.45. The fraction of sp³-hybridized carbons (Fsp3) is 0.238. The fourth-order valence-electron chi connectivity index (χ4n) is 3.17. The molecule has 1 aliphatic rings. The molecule has 2 amide bonds. The number of urea groups is 1. The zero-order valence-electron chi connectivity index (χ0n) is 14.9. The van der Waals surface area contributed by atoms with Crippen LogP contribution in [-0.2, 0) is 6.42 Å². The topological polar surface area (TPSA) is 78.4 Å². The minimum atomic E-state index is -0.607. The monoisotopic (exact) mass is 350 g/mol. The van der Waals surface area contributed by atoms with Crippen molar-refractivity contribution in [2.75, 3.05) is 0 Å². The van der Waals surface area contributed by atoms with Crippen LogP contribution in [-0.4, -0.2) is 16.9 Å². The van der Waals surface area contributed by atoms with E-state index in [1.807, 2.05) is 31.2 Å². The van der Waals surface area contributed by atoms with Crippen molar-refractivity contribution < 1.29 is 14.7 Å². The summed E-state index contributed by atoms with van der Waals surface area (Å²) in [4.78, 5) is 25.3. The lowest BCUT2D eigenvalue weighted by Gasteiger charge is -2.29. The molecular weight excluding hydrogens is 328 g/mol. The summed E-state index contributed by atoms with van der Waals surface area (Å²) in [6, 6.07) is 13.2. The molecule has 0 aromatic heterocycles. The van der Waals surface area contributed by atoms with Crippen LogP contribution < -0.4 is 10.6 Å². The number of phenols is 1. The van der Waals surface area contributed by atoms with E-state index in [0.717, 1.165) is 12.0 Å². The van der Waals surface area contributed by atoms with Crippen LogP contribution in [0.5, 0.6) is 5.75 Å². The van der Waals surface area contributed by atoms with Gasteiger partial charge in [0.25, 0.3) is 0 Å². The maximum atomic E-state index is 13.2. The smallest absolute Gasteiger partial charge is 0.319 e. The van der Waals surface area contributed by atoms with Crippen LogP contribution in [0.3, 0.4) is 0 Å². The Kier molecular flexibility index (Phi) is 5.07. The second kappa shape index (κ2) is 7.44. The maximum Gasteiger partial charge on any atom is 0.319 e. The number of ketones is 1. The zero-order chi connectivity index (χ0) is 18.7. The molecule has 2 aromatic rings. The largest absolute Gasteiger partial charge is 0.508 e. The van der Waals surface area contributed by atoms with Gasteiger partial charge in [-0.25, -0.2) is 4.79 Å². The Labute approximate surface area is 152 Å². The number of hydrogen-bond donors (Lipinski definition) is 3. The second-order valence-electron chi connectivity index (χ2n) is 6.25. The zero-order valence-corrected chi connectivity index (χ0v) is 14.9. The molecule has 0 radical (unpaired) electrons. The number of aromatic hydroxyl groups is 1. The molecule has 5 heteroatoms. The van der Waals surface area contributed by atoms with Crippen molar-refractivity contribution >= 4 is 11.8 Å². The fourth-order valence-corrected chi connectivity index (χ4v) is 3.17. The Morgan fingerprint density at radius 1 is 1.08 bits per heavy atom. The highest BCUT2D eigenvalue weighted by Gasteiger charge is 2.32. The van der Waals surface area contributed by atoms with E-state index in [9.17, 15) is 14.7 Å². The number of carbonyl (C=O) groups excluding carboxylic acids is 2. The van der Waals surface area contributed by atoms with E-state index < -0.39 is 6.04 Å². The van der Waals surface area contributed by atoms with Crippen LogP contribution in [0.25, 0.3) is 0 Å². The average molecular weight is 350 g/mol. The number of nitrogens with one attached hydrogen (secondary N) is 2. The third kappa shape index (κ3) is 3.47. The number of hydrogen-bond acceptors (Lipinski definition) is 3. The van der Waals surface area contributed by atoms with Gasteiger partial charge < -0.3 is 15.7 Å². The Bertz CT molecular complexity index is 869. The molecule has 0 fully saturated rings. The van der Waals surface area contributed by atoms with Crippen LogP contribution in [0, 0.1) is 0 Å². The molecule has 1 unspecified atom stereocenters. The van der Waals surface area contributed by atoms with E-state index in [-0.39, 0.29) is 17.6 Å². The predicted octanol–water partition coefficient (Wildman–Crippen LogP) is 3.86. The van der Waals surface area contributed by atoms with Crippen molar-refractivity contribution in [3.8, 4) is 5.75 Å². The van der Waals surface area contributed by atoms with Gasteiger partial charge in [0, 0.05) is 16.8 Å². The number of amides is 2. The van der Waals surface area contributed by atoms with Gasteiger partial charge in [-0.2, -0.15) is 0 Å². The van der Waals surface area contributed by atoms with Gasteiger partial charge in [0.05, 0.1) is 6.04 Å². The standard InChI is InChI=1S/C21H22N2O3/c1-3-13-8-10-14(11-9-13)20(25)18-17(4-2)22-21(26)23-19(18)15-6-5-7-16(24)12-15/h5-12,19,24H,3-4H2,1-2H3,(H2,22,23,26). The molecule has 2 aromatic carbocycles. The van der Waals surface area contributed by atoms with Gasteiger partial charge in [0.15, 0.2) is 5.78 Å². The Morgan fingerprint density at radius 2 is 1.81 bits per heavy atom. The molecular formula is C21H22N2O3. The lowest BCUT2D eigenvalue weighted by molar-refractivity contribution is 0.102. The minimum Gasteiger partial charge on any atom is -0.508 e. The van der Waals surface area contributed by atoms with Gasteiger partial charge in [0.2, 0.25) is 0 Å². The normalized spacial score (nSPS) is 16.8. The number of rotatable bonds is 5. The third-order valence-electron chi connectivity index (χ3n) is 4.58. The van der Waals surface area contributed by atoms with Gasteiger partial charge in [0.1, 0.15) is 5.75 Å². The molecule has 0 aliphatic carbocycles. The highest BCUT2D eigenvalue weighted by atomic mass is 16.3. The molecule has 0 spiro atoms. The molecule has 1 heterocycles. The highest BCUT2D eigenvalue weighted by molar-refractivity contribution is 6.11. The number of carbonyl (C=O) groups is 2. The van der Waals surface area contributed by atoms with E-state index in [4.69, 9.17) is 0 Å². The molecule has 1 atom stereocenters. The molecule has 0 saturated carbocycles. The van der Waals surface area contributed by atoms with Crippen LogP contribution in [0.1, 0.15) is 47.8 Å². The van der Waals surface area contributed by atoms with Crippen molar-refractivity contribution in [2.45, 2.75) is 32.7 Å². The van der Waals surface area contributed by atoms with Crippen LogP contribution >= 0.6 is 0 Å². The van der Waals surface area contributed by atoms with E-state index in [0.29, 0.717) is 28.8 Å². The van der Waals surface area contributed by atoms with E-state index in [1.54, 1.807) is 24.3 Å². The summed E-state index contributed by atoms with van der Waals surface area (Å²) in [5.74, 6) is -0.0437. The summed E-state index contributed by atoms with van der Waals surface area (Å²) in [6.45, 7) is 3.96. The van der Waals surface area contributed by atoms with Crippen LogP contribution in [0.2, 0.25) is 0 Å².